The van der Waals surface area contributed by atoms with E-state index in [0.717, 1.165) is 5.56 Å². The van der Waals surface area contributed by atoms with E-state index in [1.54, 1.807) is 24.4 Å². The van der Waals surface area contributed by atoms with Crippen LogP contribution in [-0.4, -0.2) is 26.2 Å². The molecule has 5 heteroatoms. The Morgan fingerprint density at radius 3 is 3.07 bits per heavy atom. The fourth-order valence-electron chi connectivity index (χ4n) is 0.993. The highest BCUT2D eigenvalue weighted by molar-refractivity contribution is 5.79. The largest absolute Gasteiger partial charge is 0.508 e. The molecule has 1 aromatic heterocycles. The first-order valence-corrected chi connectivity index (χ1v) is 4.02. The van der Waals surface area contributed by atoms with E-state index < -0.39 is 0 Å². The summed E-state index contributed by atoms with van der Waals surface area (Å²) in [5.74, 6) is 0.215. The van der Waals surface area contributed by atoms with Crippen LogP contribution in [0.1, 0.15) is 5.56 Å². The van der Waals surface area contributed by atoms with Gasteiger partial charge in [-0.05, 0) is 17.7 Å². The third kappa shape index (κ3) is 1.95. The molecule has 0 bridgehead atoms. The molecule has 0 aliphatic heterocycles. The molecule has 0 fully saturated rings. The van der Waals surface area contributed by atoms with Crippen LogP contribution in [0.3, 0.4) is 0 Å². The van der Waals surface area contributed by atoms with Crippen LogP contribution in [0.5, 0.6) is 5.75 Å². The van der Waals surface area contributed by atoms with Gasteiger partial charge in [-0.15, -0.1) is 9.89 Å². The SMILES string of the molecule is Oc1cccc(/C=N/n2cncn2)c1. The standard InChI is InChI=1S/C9H8N4O/c14-9-3-1-2-8(4-9)5-11-13-7-10-6-12-13/h1-7,14H/b11-5+. The Labute approximate surface area is 80.3 Å². The zero-order valence-corrected chi connectivity index (χ0v) is 7.28. The summed E-state index contributed by atoms with van der Waals surface area (Å²) in [7, 11) is 0. The van der Waals surface area contributed by atoms with Gasteiger partial charge in [0.25, 0.3) is 0 Å². The smallest absolute Gasteiger partial charge is 0.139 e. The summed E-state index contributed by atoms with van der Waals surface area (Å²) >= 11 is 0. The van der Waals surface area contributed by atoms with Crippen LogP contribution in [0.4, 0.5) is 0 Å². The van der Waals surface area contributed by atoms with Crippen LogP contribution >= 0.6 is 0 Å². The van der Waals surface area contributed by atoms with E-state index in [9.17, 15) is 5.11 Å². The Bertz CT molecular complexity index is 436. The maximum absolute atomic E-state index is 9.17. The Morgan fingerprint density at radius 1 is 1.43 bits per heavy atom. The summed E-state index contributed by atoms with van der Waals surface area (Å²) in [6.45, 7) is 0. The van der Waals surface area contributed by atoms with Crippen LogP contribution in [0.2, 0.25) is 0 Å². The van der Waals surface area contributed by atoms with Gasteiger partial charge in [0.2, 0.25) is 0 Å². The van der Waals surface area contributed by atoms with Crippen molar-refractivity contribution in [1.82, 2.24) is 14.9 Å². The van der Waals surface area contributed by atoms with Gasteiger partial charge in [0.05, 0.1) is 6.21 Å². The predicted molar refractivity (Wildman–Crippen MR) is 51.1 cm³/mol. The summed E-state index contributed by atoms with van der Waals surface area (Å²) in [6, 6.07) is 6.80. The van der Waals surface area contributed by atoms with Crippen LogP contribution in [-0.2, 0) is 0 Å². The van der Waals surface area contributed by atoms with E-state index in [0.29, 0.717) is 0 Å². The van der Waals surface area contributed by atoms with Gasteiger partial charge in [-0.1, -0.05) is 12.1 Å². The molecule has 0 aliphatic rings. The van der Waals surface area contributed by atoms with Crippen molar-refractivity contribution in [2.75, 3.05) is 0 Å². The summed E-state index contributed by atoms with van der Waals surface area (Å²) in [4.78, 5) is 5.08. The Balaban J connectivity index is 2.18. The Hall–Kier alpha value is -2.17. The minimum atomic E-state index is 0.215. The number of aromatic hydroxyl groups is 1. The van der Waals surface area contributed by atoms with Crippen molar-refractivity contribution >= 4 is 6.21 Å². The fraction of sp³-hybridized carbons (Fsp3) is 0. The molecule has 0 unspecified atom stereocenters. The number of nitrogens with zero attached hydrogens (tertiary/aromatic N) is 4. The van der Waals surface area contributed by atoms with Crippen molar-refractivity contribution in [2.24, 2.45) is 5.10 Å². The molecule has 70 valence electrons. The summed E-state index contributed by atoms with van der Waals surface area (Å²) in [5, 5.41) is 17.0. The molecule has 14 heavy (non-hydrogen) atoms. The molecule has 0 saturated carbocycles. The maximum atomic E-state index is 9.17. The molecule has 1 aromatic carbocycles. The first kappa shape index (κ1) is 8.43. The number of phenols is 1. The van der Waals surface area contributed by atoms with Crippen molar-refractivity contribution in [1.29, 1.82) is 0 Å². The molecule has 0 amide bonds. The van der Waals surface area contributed by atoms with E-state index in [4.69, 9.17) is 0 Å². The molecule has 2 rings (SSSR count). The molecule has 5 nitrogen and oxygen atoms in total. The Kier molecular flexibility index (Phi) is 2.22. The van der Waals surface area contributed by atoms with Crippen molar-refractivity contribution in [3.05, 3.63) is 42.5 Å². The van der Waals surface area contributed by atoms with Gasteiger partial charge < -0.3 is 5.11 Å². The predicted octanol–water partition coefficient (Wildman–Crippen LogP) is 0.866. The summed E-state index contributed by atoms with van der Waals surface area (Å²) < 4.78 is 0. The van der Waals surface area contributed by atoms with Crippen LogP contribution in [0, 0.1) is 0 Å². The second kappa shape index (κ2) is 3.69. The van der Waals surface area contributed by atoms with E-state index >= 15 is 0 Å². The number of aromatic nitrogens is 3. The highest BCUT2D eigenvalue weighted by atomic mass is 16.3. The van der Waals surface area contributed by atoms with Gasteiger partial charge >= 0.3 is 0 Å². The minimum Gasteiger partial charge on any atom is -0.508 e. The number of hydrogen-bond donors (Lipinski definition) is 1. The van der Waals surface area contributed by atoms with E-state index in [1.165, 1.54) is 17.4 Å². The van der Waals surface area contributed by atoms with Gasteiger partial charge in [-0.2, -0.15) is 5.10 Å². The lowest BCUT2D eigenvalue weighted by atomic mass is 10.2. The number of hydrogen-bond acceptors (Lipinski definition) is 4. The Morgan fingerprint density at radius 2 is 2.36 bits per heavy atom. The third-order valence-corrected chi connectivity index (χ3v) is 1.60. The first-order valence-electron chi connectivity index (χ1n) is 4.02. The molecule has 1 heterocycles. The highest BCUT2D eigenvalue weighted by Gasteiger charge is 1.90. The lowest BCUT2D eigenvalue weighted by Crippen LogP contribution is -1.90. The van der Waals surface area contributed by atoms with E-state index in [-0.39, 0.29) is 5.75 Å². The molecule has 0 atom stereocenters. The molecule has 2 aromatic rings. The number of rotatable bonds is 2. The second-order valence-corrected chi connectivity index (χ2v) is 2.66. The third-order valence-electron chi connectivity index (χ3n) is 1.60. The van der Waals surface area contributed by atoms with Crippen molar-refractivity contribution in [3.63, 3.8) is 0 Å². The number of phenolic OH excluding ortho intramolecular Hbond substituents is 1. The van der Waals surface area contributed by atoms with Crippen LogP contribution < -0.4 is 0 Å². The average molecular weight is 188 g/mol. The maximum Gasteiger partial charge on any atom is 0.139 e. The normalized spacial score (nSPS) is 10.9. The molecule has 0 radical (unpaired) electrons. The topological polar surface area (TPSA) is 63.3 Å². The molecule has 0 saturated heterocycles. The lowest BCUT2D eigenvalue weighted by molar-refractivity contribution is 0.475. The second-order valence-electron chi connectivity index (χ2n) is 2.66. The van der Waals surface area contributed by atoms with Gasteiger partial charge in [0, 0.05) is 0 Å². The molecule has 0 aliphatic carbocycles. The lowest BCUT2D eigenvalue weighted by Gasteiger charge is -1.93. The van der Waals surface area contributed by atoms with Crippen molar-refractivity contribution < 1.29 is 5.11 Å². The molecular formula is C9H8N4O. The molecular weight excluding hydrogens is 180 g/mol. The van der Waals surface area contributed by atoms with Gasteiger partial charge in [-0.25, -0.2) is 4.98 Å². The summed E-state index contributed by atoms with van der Waals surface area (Å²) in [5.41, 5.74) is 0.806. The van der Waals surface area contributed by atoms with Gasteiger partial charge in [-0.3, -0.25) is 0 Å². The van der Waals surface area contributed by atoms with Crippen molar-refractivity contribution in [2.45, 2.75) is 0 Å². The number of benzene rings is 1. The van der Waals surface area contributed by atoms with E-state index in [2.05, 4.69) is 15.2 Å². The summed E-state index contributed by atoms with van der Waals surface area (Å²) in [6.07, 6.45) is 4.48. The quantitative estimate of drug-likeness (QED) is 0.711. The zero-order chi connectivity index (χ0) is 9.80. The van der Waals surface area contributed by atoms with Crippen LogP contribution in [0.25, 0.3) is 0 Å². The molecule has 1 N–H and O–H groups in total. The highest BCUT2D eigenvalue weighted by Crippen LogP contribution is 2.08. The van der Waals surface area contributed by atoms with Crippen molar-refractivity contribution in [3.8, 4) is 5.75 Å². The average Bonchev–Trinajstić information content (AvgIpc) is 2.67. The van der Waals surface area contributed by atoms with Gasteiger partial charge in [0.1, 0.15) is 18.4 Å². The minimum absolute atomic E-state index is 0.215. The monoisotopic (exact) mass is 188 g/mol. The van der Waals surface area contributed by atoms with Crippen LogP contribution in [0.15, 0.2) is 42.0 Å². The fourth-order valence-corrected chi connectivity index (χ4v) is 0.993. The molecule has 0 spiro atoms. The van der Waals surface area contributed by atoms with Gasteiger partial charge in [0.15, 0.2) is 0 Å². The zero-order valence-electron chi connectivity index (χ0n) is 7.28. The first-order chi connectivity index (χ1) is 6.84. The van der Waals surface area contributed by atoms with E-state index in [1.807, 2.05) is 6.07 Å².